The van der Waals surface area contributed by atoms with Gasteiger partial charge in [0.2, 0.25) is 0 Å². The quantitative estimate of drug-likeness (QED) is 0.695. The first-order chi connectivity index (χ1) is 13.2. The van der Waals surface area contributed by atoms with Crippen LogP contribution in [0.2, 0.25) is 0 Å². The molecule has 0 bridgehead atoms. The zero-order valence-corrected chi connectivity index (χ0v) is 15.6. The zero-order valence-electron chi connectivity index (χ0n) is 15.6. The van der Waals surface area contributed by atoms with Gasteiger partial charge in [-0.3, -0.25) is 4.79 Å². The minimum absolute atomic E-state index is 0.234. The van der Waals surface area contributed by atoms with E-state index in [4.69, 9.17) is 9.47 Å². The third-order valence-corrected chi connectivity index (χ3v) is 4.57. The van der Waals surface area contributed by atoms with Crippen molar-refractivity contribution in [3.63, 3.8) is 0 Å². The summed E-state index contributed by atoms with van der Waals surface area (Å²) in [6.45, 7) is 0.761. The van der Waals surface area contributed by atoms with Crippen molar-refractivity contribution in [1.82, 2.24) is 15.3 Å². The van der Waals surface area contributed by atoms with Gasteiger partial charge in [-0.25, -0.2) is 9.97 Å². The second kappa shape index (κ2) is 9.75. The van der Waals surface area contributed by atoms with Crippen LogP contribution in [0, 0.1) is 0 Å². The molecule has 0 aliphatic heterocycles. The van der Waals surface area contributed by atoms with Gasteiger partial charge in [-0.15, -0.1) is 0 Å². The molecule has 7 heteroatoms. The predicted octanol–water partition coefficient (Wildman–Crippen LogP) is 3.04. The number of carbonyl (C=O) groups is 1. The summed E-state index contributed by atoms with van der Waals surface area (Å²) in [6.07, 6.45) is 7.50. The Morgan fingerprint density at radius 1 is 1.11 bits per heavy atom. The Hall–Kier alpha value is -2.83. The maximum atomic E-state index is 12.3. The molecule has 1 amide bonds. The minimum atomic E-state index is -0.234. The van der Waals surface area contributed by atoms with E-state index in [2.05, 4.69) is 20.6 Å². The lowest BCUT2D eigenvalue weighted by atomic mass is 9.95. The maximum Gasteiger partial charge on any atom is 0.270 e. The van der Waals surface area contributed by atoms with Gasteiger partial charge >= 0.3 is 0 Å². The van der Waals surface area contributed by atoms with Gasteiger partial charge in [0.1, 0.15) is 35.9 Å². The third-order valence-electron chi connectivity index (χ3n) is 4.57. The van der Waals surface area contributed by atoms with Crippen LogP contribution in [0.5, 0.6) is 11.5 Å². The van der Waals surface area contributed by atoms with Crippen LogP contribution in [0.25, 0.3) is 0 Å². The number of hydrogen-bond acceptors (Lipinski definition) is 6. The molecule has 1 aliphatic rings. The van der Waals surface area contributed by atoms with Gasteiger partial charge in [0.05, 0.1) is 13.7 Å². The fourth-order valence-corrected chi connectivity index (χ4v) is 3.11. The number of rotatable bonds is 8. The summed E-state index contributed by atoms with van der Waals surface area (Å²) < 4.78 is 10.7. The minimum Gasteiger partial charge on any atom is -0.497 e. The highest BCUT2D eigenvalue weighted by Crippen LogP contribution is 2.20. The van der Waals surface area contributed by atoms with Crippen molar-refractivity contribution in [3.05, 3.63) is 42.4 Å². The lowest BCUT2D eigenvalue weighted by Crippen LogP contribution is -2.29. The molecular weight excluding hydrogens is 344 g/mol. The molecule has 0 unspecified atom stereocenters. The van der Waals surface area contributed by atoms with Crippen molar-refractivity contribution in [2.24, 2.45) is 0 Å². The van der Waals surface area contributed by atoms with E-state index in [0.717, 1.165) is 24.3 Å². The summed E-state index contributed by atoms with van der Waals surface area (Å²) in [6, 6.07) is 9.45. The predicted molar refractivity (Wildman–Crippen MR) is 103 cm³/mol. The molecule has 2 N–H and O–H groups in total. The second-order valence-electron chi connectivity index (χ2n) is 6.55. The number of carbonyl (C=O) groups excluding carboxylic acids is 1. The van der Waals surface area contributed by atoms with Gasteiger partial charge in [-0.1, -0.05) is 19.3 Å². The van der Waals surface area contributed by atoms with E-state index in [1.165, 1.54) is 25.6 Å². The normalized spacial score (nSPS) is 14.4. The highest BCUT2D eigenvalue weighted by atomic mass is 16.5. The van der Waals surface area contributed by atoms with E-state index in [-0.39, 0.29) is 5.91 Å². The molecule has 0 saturated heterocycles. The summed E-state index contributed by atoms with van der Waals surface area (Å²) in [7, 11) is 1.62. The number of amides is 1. The topological polar surface area (TPSA) is 85.4 Å². The molecule has 144 valence electrons. The number of methoxy groups -OCH3 is 1. The second-order valence-corrected chi connectivity index (χ2v) is 6.55. The molecule has 27 heavy (non-hydrogen) atoms. The fourth-order valence-electron chi connectivity index (χ4n) is 3.11. The molecule has 1 aromatic carbocycles. The highest BCUT2D eigenvalue weighted by Gasteiger charge is 2.15. The smallest absolute Gasteiger partial charge is 0.270 e. The highest BCUT2D eigenvalue weighted by molar-refractivity contribution is 5.92. The van der Waals surface area contributed by atoms with Crippen LogP contribution in [-0.2, 0) is 0 Å². The molecule has 1 fully saturated rings. The van der Waals surface area contributed by atoms with Crippen molar-refractivity contribution in [3.8, 4) is 11.5 Å². The number of nitrogens with one attached hydrogen (secondary N) is 2. The van der Waals surface area contributed by atoms with E-state index in [1.54, 1.807) is 13.2 Å². The molecule has 7 nitrogen and oxygen atoms in total. The number of aromatic nitrogens is 2. The van der Waals surface area contributed by atoms with Gasteiger partial charge in [-0.05, 0) is 37.1 Å². The summed E-state index contributed by atoms with van der Waals surface area (Å²) in [5.74, 6) is 1.97. The Morgan fingerprint density at radius 3 is 2.59 bits per heavy atom. The van der Waals surface area contributed by atoms with Crippen LogP contribution >= 0.6 is 0 Å². The van der Waals surface area contributed by atoms with E-state index in [0.29, 0.717) is 30.7 Å². The summed E-state index contributed by atoms with van der Waals surface area (Å²) in [4.78, 5) is 20.6. The van der Waals surface area contributed by atoms with Gasteiger partial charge in [0.25, 0.3) is 5.91 Å². The number of anilines is 1. The first kappa shape index (κ1) is 18.9. The van der Waals surface area contributed by atoms with Gasteiger partial charge in [-0.2, -0.15) is 0 Å². The molecule has 0 atom stereocenters. The van der Waals surface area contributed by atoms with Crippen molar-refractivity contribution >= 4 is 11.7 Å². The lowest BCUT2D eigenvalue weighted by molar-refractivity contribution is 0.0942. The van der Waals surface area contributed by atoms with Crippen LogP contribution in [0.4, 0.5) is 5.82 Å². The van der Waals surface area contributed by atoms with E-state index in [9.17, 15) is 4.79 Å². The molecule has 1 heterocycles. The van der Waals surface area contributed by atoms with Gasteiger partial charge in [0.15, 0.2) is 0 Å². The number of benzene rings is 1. The van der Waals surface area contributed by atoms with Crippen LogP contribution in [0.15, 0.2) is 36.7 Å². The van der Waals surface area contributed by atoms with Crippen molar-refractivity contribution in [1.29, 1.82) is 0 Å². The van der Waals surface area contributed by atoms with Gasteiger partial charge in [0, 0.05) is 12.1 Å². The molecule has 0 spiro atoms. The molecule has 1 aromatic heterocycles. The molecule has 3 rings (SSSR count). The molecular formula is C20H26N4O3. The number of nitrogens with zero attached hydrogens (tertiary/aromatic N) is 2. The van der Waals surface area contributed by atoms with Crippen molar-refractivity contribution in [2.45, 2.75) is 38.1 Å². The Balaban J connectivity index is 1.43. The Kier molecular flexibility index (Phi) is 6.84. The average molecular weight is 370 g/mol. The van der Waals surface area contributed by atoms with Crippen LogP contribution in [0.1, 0.15) is 42.6 Å². The van der Waals surface area contributed by atoms with Crippen LogP contribution < -0.4 is 20.1 Å². The monoisotopic (exact) mass is 370 g/mol. The summed E-state index contributed by atoms with van der Waals surface area (Å²) in [5, 5.41) is 6.22. The van der Waals surface area contributed by atoms with Crippen LogP contribution in [-0.4, -0.2) is 42.2 Å². The largest absolute Gasteiger partial charge is 0.497 e. The molecule has 0 radical (unpaired) electrons. The lowest BCUT2D eigenvalue weighted by Gasteiger charge is -2.23. The van der Waals surface area contributed by atoms with E-state index >= 15 is 0 Å². The molecule has 2 aromatic rings. The standard InChI is InChI=1S/C20H26N4O3/c1-26-16-7-9-17(10-8-16)27-12-11-21-20(25)18-13-19(23-14-22-18)24-15-5-3-2-4-6-15/h7-10,13-15H,2-6,11-12H2,1H3,(H,21,25)(H,22,23,24). The summed E-state index contributed by atoms with van der Waals surface area (Å²) >= 11 is 0. The Bertz CT molecular complexity index is 730. The SMILES string of the molecule is COc1ccc(OCCNC(=O)c2cc(NC3CCCCC3)ncn2)cc1. The van der Waals surface area contributed by atoms with Crippen molar-refractivity contribution in [2.75, 3.05) is 25.6 Å². The molecule has 1 aliphatic carbocycles. The molecule has 1 saturated carbocycles. The van der Waals surface area contributed by atoms with Gasteiger partial charge < -0.3 is 20.1 Å². The first-order valence-electron chi connectivity index (χ1n) is 9.38. The first-order valence-corrected chi connectivity index (χ1v) is 9.38. The average Bonchev–Trinajstić information content (AvgIpc) is 2.72. The fraction of sp³-hybridized carbons (Fsp3) is 0.450. The Labute approximate surface area is 159 Å². The maximum absolute atomic E-state index is 12.3. The third kappa shape index (κ3) is 5.84. The summed E-state index contributed by atoms with van der Waals surface area (Å²) in [5.41, 5.74) is 0.354. The Morgan fingerprint density at radius 2 is 1.85 bits per heavy atom. The zero-order chi connectivity index (χ0) is 18.9. The van der Waals surface area contributed by atoms with Crippen molar-refractivity contribution < 1.29 is 14.3 Å². The van der Waals surface area contributed by atoms with E-state index in [1.807, 2.05) is 24.3 Å². The number of ether oxygens (including phenoxy) is 2. The van der Waals surface area contributed by atoms with E-state index < -0.39 is 0 Å². The van der Waals surface area contributed by atoms with Crippen LogP contribution in [0.3, 0.4) is 0 Å². The number of hydrogen-bond donors (Lipinski definition) is 2.